The van der Waals surface area contributed by atoms with Crippen molar-refractivity contribution in [3.05, 3.63) is 39.4 Å². The van der Waals surface area contributed by atoms with Crippen LogP contribution in [0.5, 0.6) is 0 Å². The van der Waals surface area contributed by atoms with Gasteiger partial charge < -0.3 is 9.80 Å². The molecule has 3 rings (SSSR count). The summed E-state index contributed by atoms with van der Waals surface area (Å²) in [6, 6.07) is 3.91. The molecule has 0 bridgehead atoms. The summed E-state index contributed by atoms with van der Waals surface area (Å²) in [6.07, 6.45) is 0. The minimum absolute atomic E-state index is 0.0252. The summed E-state index contributed by atoms with van der Waals surface area (Å²) in [4.78, 5) is 52.3. The van der Waals surface area contributed by atoms with Gasteiger partial charge in [-0.25, -0.2) is 0 Å². The number of carbonyl (C=O) groups excluding carboxylic acids is 3. The molecule has 132 valence electrons. The monoisotopic (exact) mass is 346 g/mol. The number of nitrogens with zero attached hydrogens (tertiary/aromatic N) is 4. The summed E-state index contributed by atoms with van der Waals surface area (Å²) in [5.41, 5.74) is -0.675. The van der Waals surface area contributed by atoms with Gasteiger partial charge in [-0.3, -0.25) is 29.4 Å². The van der Waals surface area contributed by atoms with Crippen molar-refractivity contribution in [1.82, 2.24) is 14.7 Å². The maximum Gasteiger partial charge on any atom is 0.282 e. The SMILES string of the molecule is CCN1CCN(C(=O)CN2C(=O)c3cccc([N+](=O)[O-])c3C2=O)CC1. The van der Waals surface area contributed by atoms with Crippen molar-refractivity contribution in [2.45, 2.75) is 6.92 Å². The van der Waals surface area contributed by atoms with Crippen LogP contribution in [-0.2, 0) is 4.79 Å². The van der Waals surface area contributed by atoms with Crippen molar-refractivity contribution >= 4 is 23.4 Å². The number of imide groups is 1. The van der Waals surface area contributed by atoms with Gasteiger partial charge in [0.2, 0.25) is 5.91 Å². The number of carbonyl (C=O) groups is 3. The lowest BCUT2D eigenvalue weighted by atomic mass is 10.1. The predicted molar refractivity (Wildman–Crippen MR) is 87.2 cm³/mol. The summed E-state index contributed by atoms with van der Waals surface area (Å²) in [5, 5.41) is 11.1. The van der Waals surface area contributed by atoms with Gasteiger partial charge in [0.25, 0.3) is 17.5 Å². The van der Waals surface area contributed by atoms with Crippen LogP contribution in [0.3, 0.4) is 0 Å². The van der Waals surface area contributed by atoms with Crippen molar-refractivity contribution in [1.29, 1.82) is 0 Å². The second kappa shape index (κ2) is 6.60. The molecule has 25 heavy (non-hydrogen) atoms. The second-order valence-corrected chi connectivity index (χ2v) is 5.97. The lowest BCUT2D eigenvalue weighted by molar-refractivity contribution is -0.385. The average Bonchev–Trinajstić information content (AvgIpc) is 2.86. The van der Waals surface area contributed by atoms with Crippen LogP contribution < -0.4 is 0 Å². The molecule has 2 heterocycles. The Morgan fingerprint density at radius 2 is 1.84 bits per heavy atom. The zero-order valence-electron chi connectivity index (χ0n) is 13.8. The molecule has 0 atom stereocenters. The molecule has 0 aliphatic carbocycles. The summed E-state index contributed by atoms with van der Waals surface area (Å²) >= 11 is 0. The Bertz CT molecular complexity index is 755. The first-order valence-electron chi connectivity index (χ1n) is 8.07. The lowest BCUT2D eigenvalue weighted by Gasteiger charge is -2.34. The zero-order valence-corrected chi connectivity index (χ0v) is 13.8. The van der Waals surface area contributed by atoms with Gasteiger partial charge in [0.1, 0.15) is 12.1 Å². The summed E-state index contributed by atoms with van der Waals surface area (Å²) in [7, 11) is 0. The molecule has 2 aliphatic heterocycles. The van der Waals surface area contributed by atoms with Gasteiger partial charge in [0, 0.05) is 32.2 Å². The number of benzene rings is 1. The van der Waals surface area contributed by atoms with E-state index in [1.807, 2.05) is 6.92 Å². The third-order valence-corrected chi connectivity index (χ3v) is 4.64. The van der Waals surface area contributed by atoms with Crippen molar-refractivity contribution in [3.8, 4) is 0 Å². The van der Waals surface area contributed by atoms with E-state index in [0.717, 1.165) is 24.5 Å². The topological polar surface area (TPSA) is 104 Å². The molecule has 0 saturated carbocycles. The van der Waals surface area contributed by atoms with Gasteiger partial charge in [-0.2, -0.15) is 0 Å². The molecule has 2 aliphatic rings. The smallest absolute Gasteiger partial charge is 0.282 e. The highest BCUT2D eigenvalue weighted by atomic mass is 16.6. The molecular formula is C16H18N4O5. The Hall–Kier alpha value is -2.81. The van der Waals surface area contributed by atoms with E-state index in [9.17, 15) is 24.5 Å². The molecule has 0 radical (unpaired) electrons. The first kappa shape index (κ1) is 17.0. The molecule has 1 aromatic rings. The Kier molecular flexibility index (Phi) is 4.49. The van der Waals surface area contributed by atoms with E-state index in [4.69, 9.17) is 0 Å². The highest BCUT2D eigenvalue weighted by molar-refractivity contribution is 6.24. The first-order valence-corrected chi connectivity index (χ1v) is 8.07. The highest BCUT2D eigenvalue weighted by Gasteiger charge is 2.42. The highest BCUT2D eigenvalue weighted by Crippen LogP contribution is 2.30. The molecule has 3 amide bonds. The first-order chi connectivity index (χ1) is 11.9. The van der Waals surface area contributed by atoms with Crippen LogP contribution in [0.15, 0.2) is 18.2 Å². The summed E-state index contributed by atoms with van der Waals surface area (Å²) in [6.45, 7) is 5.13. The quantitative estimate of drug-likeness (QED) is 0.443. The molecular weight excluding hydrogens is 328 g/mol. The largest absolute Gasteiger partial charge is 0.339 e. The van der Waals surface area contributed by atoms with Crippen molar-refractivity contribution < 1.29 is 19.3 Å². The van der Waals surface area contributed by atoms with Gasteiger partial charge in [-0.1, -0.05) is 13.0 Å². The predicted octanol–water partition coefficient (Wildman–Crippen LogP) is 0.355. The molecule has 9 heteroatoms. The van der Waals surface area contributed by atoms with E-state index < -0.39 is 29.0 Å². The fraction of sp³-hybridized carbons (Fsp3) is 0.438. The zero-order chi connectivity index (χ0) is 18.1. The molecule has 0 unspecified atom stereocenters. The number of rotatable bonds is 4. The molecule has 9 nitrogen and oxygen atoms in total. The van der Waals surface area contributed by atoms with E-state index in [1.54, 1.807) is 4.90 Å². The standard InChI is InChI=1S/C16H18N4O5/c1-2-17-6-8-18(9-7-17)13(21)10-19-15(22)11-4-3-5-12(20(24)25)14(11)16(19)23/h3-5H,2,6-10H2,1H3. The second-order valence-electron chi connectivity index (χ2n) is 5.97. The number of amides is 3. The lowest BCUT2D eigenvalue weighted by Crippen LogP contribution is -2.51. The Balaban J connectivity index is 1.75. The fourth-order valence-corrected chi connectivity index (χ4v) is 3.16. The van der Waals surface area contributed by atoms with E-state index >= 15 is 0 Å². The molecule has 1 aromatic carbocycles. The molecule has 0 N–H and O–H groups in total. The number of piperazine rings is 1. The van der Waals surface area contributed by atoms with Gasteiger partial charge in [0.05, 0.1) is 10.5 Å². The molecule has 0 aromatic heterocycles. The third-order valence-electron chi connectivity index (χ3n) is 4.64. The molecule has 1 saturated heterocycles. The summed E-state index contributed by atoms with van der Waals surface area (Å²) in [5.74, 6) is -1.77. The van der Waals surface area contributed by atoms with Crippen molar-refractivity contribution in [2.75, 3.05) is 39.3 Å². The van der Waals surface area contributed by atoms with E-state index in [-0.39, 0.29) is 17.0 Å². The number of hydrogen-bond donors (Lipinski definition) is 0. The minimum atomic E-state index is -0.784. The number of likely N-dealkylation sites (N-methyl/N-ethyl adjacent to an activating group) is 1. The van der Waals surface area contributed by atoms with Crippen molar-refractivity contribution in [3.63, 3.8) is 0 Å². The van der Waals surface area contributed by atoms with Crippen LogP contribution in [0.25, 0.3) is 0 Å². The Morgan fingerprint density at radius 1 is 1.16 bits per heavy atom. The Labute approximate surface area is 143 Å². The maximum absolute atomic E-state index is 12.5. The van der Waals surface area contributed by atoms with Crippen LogP contribution in [0.1, 0.15) is 27.6 Å². The van der Waals surface area contributed by atoms with Gasteiger partial charge in [0.15, 0.2) is 0 Å². The summed E-state index contributed by atoms with van der Waals surface area (Å²) < 4.78 is 0. The number of nitro groups is 1. The number of nitro benzene ring substituents is 1. The van der Waals surface area contributed by atoms with E-state index in [0.29, 0.717) is 13.1 Å². The van der Waals surface area contributed by atoms with Crippen LogP contribution >= 0.6 is 0 Å². The van der Waals surface area contributed by atoms with Crippen LogP contribution in [0.2, 0.25) is 0 Å². The fourth-order valence-electron chi connectivity index (χ4n) is 3.16. The normalized spacial score (nSPS) is 17.8. The van der Waals surface area contributed by atoms with Crippen LogP contribution in [0.4, 0.5) is 5.69 Å². The maximum atomic E-state index is 12.5. The van der Waals surface area contributed by atoms with E-state index in [1.165, 1.54) is 18.2 Å². The van der Waals surface area contributed by atoms with Gasteiger partial charge >= 0.3 is 0 Å². The van der Waals surface area contributed by atoms with Crippen molar-refractivity contribution in [2.24, 2.45) is 0 Å². The van der Waals surface area contributed by atoms with Crippen LogP contribution in [-0.4, -0.2) is 76.6 Å². The van der Waals surface area contributed by atoms with Gasteiger partial charge in [-0.15, -0.1) is 0 Å². The van der Waals surface area contributed by atoms with Gasteiger partial charge in [-0.05, 0) is 12.6 Å². The third kappa shape index (κ3) is 2.98. The molecule has 1 fully saturated rings. The minimum Gasteiger partial charge on any atom is -0.339 e. The average molecular weight is 346 g/mol. The number of fused-ring (bicyclic) bond motifs is 1. The number of hydrogen-bond acceptors (Lipinski definition) is 6. The molecule has 0 spiro atoms. The Morgan fingerprint density at radius 3 is 2.44 bits per heavy atom. The van der Waals surface area contributed by atoms with Crippen LogP contribution in [0, 0.1) is 10.1 Å². The van der Waals surface area contributed by atoms with E-state index in [2.05, 4.69) is 4.90 Å².